The van der Waals surface area contributed by atoms with Crippen LogP contribution in [-0.2, 0) is 14.8 Å². The zero-order valence-corrected chi connectivity index (χ0v) is 11.5. The number of sulfonamides is 1. The molecule has 0 saturated heterocycles. The molecule has 0 saturated carbocycles. The number of likely N-dealkylation sites (N-methyl/N-ethyl adjacent to an activating group) is 2. The molecule has 0 aliphatic heterocycles. The molecule has 19 heavy (non-hydrogen) atoms. The number of halogens is 1. The highest BCUT2D eigenvalue weighted by molar-refractivity contribution is 7.89. The number of amides is 1. The fourth-order valence-corrected chi connectivity index (χ4v) is 2.53. The SMILES string of the molecule is CCNC(=O)CN(C)S(=O)(=O)c1ccc(N)c(F)c1. The number of nitrogens with zero attached hydrogens (tertiary/aromatic N) is 1. The van der Waals surface area contributed by atoms with Crippen molar-refractivity contribution in [1.29, 1.82) is 0 Å². The lowest BCUT2D eigenvalue weighted by molar-refractivity contribution is -0.121. The van der Waals surface area contributed by atoms with E-state index in [1.165, 1.54) is 19.2 Å². The van der Waals surface area contributed by atoms with E-state index in [0.29, 0.717) is 6.54 Å². The summed E-state index contributed by atoms with van der Waals surface area (Å²) in [5.74, 6) is -1.24. The molecule has 8 heteroatoms. The summed E-state index contributed by atoms with van der Waals surface area (Å²) in [6, 6.07) is 3.20. The second kappa shape index (κ2) is 5.98. The summed E-state index contributed by atoms with van der Waals surface area (Å²) in [7, 11) is -2.67. The van der Waals surface area contributed by atoms with E-state index >= 15 is 0 Å². The fraction of sp³-hybridized carbons (Fsp3) is 0.364. The van der Waals surface area contributed by atoms with Crippen LogP contribution in [0.15, 0.2) is 23.1 Å². The van der Waals surface area contributed by atoms with Crippen LogP contribution in [-0.4, -0.2) is 38.8 Å². The molecule has 0 radical (unpaired) electrons. The van der Waals surface area contributed by atoms with Crippen molar-refractivity contribution in [2.24, 2.45) is 0 Å². The quantitative estimate of drug-likeness (QED) is 0.755. The predicted octanol–water partition coefficient (Wildman–Crippen LogP) is 0.165. The highest BCUT2D eigenvalue weighted by atomic mass is 32.2. The molecule has 106 valence electrons. The second-order valence-electron chi connectivity index (χ2n) is 3.90. The van der Waals surface area contributed by atoms with Crippen molar-refractivity contribution in [3.63, 3.8) is 0 Å². The van der Waals surface area contributed by atoms with E-state index in [4.69, 9.17) is 5.73 Å². The van der Waals surface area contributed by atoms with Gasteiger partial charge in [-0.2, -0.15) is 4.31 Å². The molecule has 0 aliphatic rings. The lowest BCUT2D eigenvalue weighted by Crippen LogP contribution is -2.38. The molecular formula is C11H16FN3O3S. The van der Waals surface area contributed by atoms with Crippen LogP contribution in [0.3, 0.4) is 0 Å². The Balaban J connectivity index is 2.96. The van der Waals surface area contributed by atoms with Gasteiger partial charge in [0.15, 0.2) is 0 Å². The molecule has 0 atom stereocenters. The van der Waals surface area contributed by atoms with E-state index in [2.05, 4.69) is 5.32 Å². The number of hydrogen-bond donors (Lipinski definition) is 2. The van der Waals surface area contributed by atoms with Gasteiger partial charge in [-0.15, -0.1) is 0 Å². The number of nitrogen functional groups attached to an aromatic ring is 1. The van der Waals surface area contributed by atoms with Gasteiger partial charge < -0.3 is 11.1 Å². The van der Waals surface area contributed by atoms with Crippen LogP contribution >= 0.6 is 0 Å². The van der Waals surface area contributed by atoms with Crippen LogP contribution in [0.25, 0.3) is 0 Å². The minimum absolute atomic E-state index is 0.134. The van der Waals surface area contributed by atoms with Crippen molar-refractivity contribution in [1.82, 2.24) is 9.62 Å². The van der Waals surface area contributed by atoms with Crippen LogP contribution in [0.1, 0.15) is 6.92 Å². The Hall–Kier alpha value is -1.67. The van der Waals surface area contributed by atoms with Gasteiger partial charge in [-0.05, 0) is 25.1 Å². The standard InChI is InChI=1S/C11H16FN3O3S/c1-3-14-11(16)7-15(2)19(17,18)8-4-5-10(13)9(12)6-8/h4-6H,3,7,13H2,1-2H3,(H,14,16). The molecule has 0 aromatic heterocycles. The minimum atomic E-state index is -3.91. The predicted molar refractivity (Wildman–Crippen MR) is 69.3 cm³/mol. The molecule has 0 spiro atoms. The molecule has 1 amide bonds. The molecule has 0 aliphatic carbocycles. The van der Waals surface area contributed by atoms with Crippen LogP contribution in [0.5, 0.6) is 0 Å². The average Bonchev–Trinajstić information content (AvgIpc) is 2.32. The van der Waals surface area contributed by atoms with E-state index in [0.717, 1.165) is 10.4 Å². The molecule has 0 heterocycles. The number of carbonyl (C=O) groups is 1. The molecule has 0 unspecified atom stereocenters. The highest BCUT2D eigenvalue weighted by Crippen LogP contribution is 2.18. The summed E-state index contributed by atoms with van der Waals surface area (Å²) in [6.07, 6.45) is 0. The Kier molecular flexibility index (Phi) is 4.84. The first-order chi connectivity index (χ1) is 8.78. The van der Waals surface area contributed by atoms with E-state index < -0.39 is 21.7 Å². The van der Waals surface area contributed by atoms with E-state index in [9.17, 15) is 17.6 Å². The van der Waals surface area contributed by atoms with E-state index in [1.54, 1.807) is 6.92 Å². The van der Waals surface area contributed by atoms with E-state index in [1.807, 2.05) is 0 Å². The number of nitrogens with one attached hydrogen (secondary N) is 1. The Morgan fingerprint density at radius 1 is 1.47 bits per heavy atom. The third-order valence-electron chi connectivity index (χ3n) is 2.42. The van der Waals surface area contributed by atoms with Crippen molar-refractivity contribution in [3.8, 4) is 0 Å². The molecule has 3 N–H and O–H groups in total. The number of nitrogens with two attached hydrogens (primary N) is 1. The van der Waals surface area contributed by atoms with Gasteiger partial charge in [-0.1, -0.05) is 0 Å². The normalized spacial score (nSPS) is 11.6. The minimum Gasteiger partial charge on any atom is -0.396 e. The topological polar surface area (TPSA) is 92.5 Å². The Bertz CT molecular complexity index is 575. The maximum absolute atomic E-state index is 13.3. The molecule has 1 aromatic carbocycles. The van der Waals surface area contributed by atoms with Gasteiger partial charge in [0.1, 0.15) is 5.82 Å². The Morgan fingerprint density at radius 2 is 2.11 bits per heavy atom. The van der Waals surface area contributed by atoms with Gasteiger partial charge in [-0.3, -0.25) is 4.79 Å². The fourth-order valence-electron chi connectivity index (χ4n) is 1.39. The monoisotopic (exact) mass is 289 g/mol. The summed E-state index contributed by atoms with van der Waals surface area (Å²) < 4.78 is 38.3. The van der Waals surface area contributed by atoms with Crippen molar-refractivity contribution in [2.45, 2.75) is 11.8 Å². The lowest BCUT2D eigenvalue weighted by atomic mass is 10.3. The first kappa shape index (κ1) is 15.4. The number of benzene rings is 1. The van der Waals surface area contributed by atoms with Crippen LogP contribution in [0, 0.1) is 5.82 Å². The summed E-state index contributed by atoms with van der Waals surface area (Å²) >= 11 is 0. The summed E-state index contributed by atoms with van der Waals surface area (Å²) in [6.45, 7) is 1.80. The molecule has 6 nitrogen and oxygen atoms in total. The Labute approximate surface area is 111 Å². The van der Waals surface area contributed by atoms with Gasteiger partial charge in [0.2, 0.25) is 15.9 Å². The van der Waals surface area contributed by atoms with Gasteiger partial charge in [0.05, 0.1) is 17.1 Å². The maximum atomic E-state index is 13.3. The highest BCUT2D eigenvalue weighted by Gasteiger charge is 2.23. The second-order valence-corrected chi connectivity index (χ2v) is 5.94. The van der Waals surface area contributed by atoms with Crippen LogP contribution < -0.4 is 11.1 Å². The van der Waals surface area contributed by atoms with Crippen LogP contribution in [0.2, 0.25) is 0 Å². The molecule has 1 rings (SSSR count). The Morgan fingerprint density at radius 3 is 2.63 bits per heavy atom. The van der Waals surface area contributed by atoms with Gasteiger partial charge >= 0.3 is 0 Å². The smallest absolute Gasteiger partial charge is 0.243 e. The van der Waals surface area contributed by atoms with Crippen molar-refractivity contribution >= 4 is 21.6 Å². The molecular weight excluding hydrogens is 273 g/mol. The zero-order valence-electron chi connectivity index (χ0n) is 10.7. The first-order valence-corrected chi connectivity index (χ1v) is 7.01. The molecule has 0 fully saturated rings. The summed E-state index contributed by atoms with van der Waals surface area (Å²) in [5, 5.41) is 2.48. The summed E-state index contributed by atoms with van der Waals surface area (Å²) in [5.41, 5.74) is 5.15. The van der Waals surface area contributed by atoms with Gasteiger partial charge in [0, 0.05) is 13.6 Å². The van der Waals surface area contributed by atoms with Gasteiger partial charge in [-0.25, -0.2) is 12.8 Å². The molecule has 0 bridgehead atoms. The number of anilines is 1. The largest absolute Gasteiger partial charge is 0.396 e. The number of rotatable bonds is 5. The third kappa shape index (κ3) is 3.65. The maximum Gasteiger partial charge on any atom is 0.243 e. The first-order valence-electron chi connectivity index (χ1n) is 5.57. The van der Waals surface area contributed by atoms with Crippen molar-refractivity contribution in [2.75, 3.05) is 25.9 Å². The van der Waals surface area contributed by atoms with Crippen LogP contribution in [0.4, 0.5) is 10.1 Å². The van der Waals surface area contributed by atoms with E-state index in [-0.39, 0.29) is 17.1 Å². The number of carbonyl (C=O) groups excluding carboxylic acids is 1. The van der Waals surface area contributed by atoms with Crippen molar-refractivity contribution in [3.05, 3.63) is 24.0 Å². The zero-order chi connectivity index (χ0) is 14.6. The number of hydrogen-bond acceptors (Lipinski definition) is 4. The third-order valence-corrected chi connectivity index (χ3v) is 4.22. The van der Waals surface area contributed by atoms with Crippen molar-refractivity contribution < 1.29 is 17.6 Å². The summed E-state index contributed by atoms with van der Waals surface area (Å²) in [4.78, 5) is 11.1. The van der Waals surface area contributed by atoms with Gasteiger partial charge in [0.25, 0.3) is 0 Å². The lowest BCUT2D eigenvalue weighted by Gasteiger charge is -2.16. The average molecular weight is 289 g/mol. The molecule has 1 aromatic rings.